The first-order chi connectivity index (χ1) is 12.8. The Balaban J connectivity index is 1.98. The van der Waals surface area contributed by atoms with Gasteiger partial charge in [0.25, 0.3) is 0 Å². The van der Waals surface area contributed by atoms with E-state index in [1.165, 1.54) is 4.88 Å². The highest BCUT2D eigenvalue weighted by atomic mass is 32.2. The fraction of sp³-hybridized carbons (Fsp3) is 0.389. The van der Waals surface area contributed by atoms with Crippen molar-refractivity contribution in [3.63, 3.8) is 0 Å². The van der Waals surface area contributed by atoms with Crippen LogP contribution in [-0.2, 0) is 16.4 Å². The molecule has 7 nitrogen and oxygen atoms in total. The smallest absolute Gasteiger partial charge is 0.210 e. The first-order valence-corrected chi connectivity index (χ1v) is 11.3. The molecule has 0 aliphatic carbocycles. The first kappa shape index (κ1) is 21.2. The zero-order valence-corrected chi connectivity index (χ0v) is 17.1. The molecule has 0 saturated heterocycles. The van der Waals surface area contributed by atoms with Gasteiger partial charge in [0.1, 0.15) is 5.75 Å². The minimum absolute atomic E-state index is 0.0850. The Morgan fingerprint density at radius 1 is 1.26 bits per heavy atom. The number of aliphatic imine (C=N–C) groups is 1. The summed E-state index contributed by atoms with van der Waals surface area (Å²) in [6.07, 6.45) is 0.965. The normalized spacial score (nSPS) is 12.2. The summed E-state index contributed by atoms with van der Waals surface area (Å²) in [6, 6.07) is 11.6. The number of nitrogens with one attached hydrogen (secondary N) is 2. The van der Waals surface area contributed by atoms with E-state index in [0.29, 0.717) is 12.5 Å². The van der Waals surface area contributed by atoms with E-state index in [1.807, 2.05) is 49.6 Å². The summed E-state index contributed by atoms with van der Waals surface area (Å²) in [6.45, 7) is 4.71. The number of sulfonamides is 1. The molecule has 0 amide bonds. The molecule has 1 aromatic heterocycles. The first-order valence-electron chi connectivity index (χ1n) is 8.67. The lowest BCUT2D eigenvalue weighted by Gasteiger charge is -2.14. The topological polar surface area (TPSA) is 106 Å². The quantitative estimate of drug-likeness (QED) is 0.435. The number of rotatable bonds is 9. The molecule has 0 bridgehead atoms. The van der Waals surface area contributed by atoms with Crippen molar-refractivity contribution in [1.82, 2.24) is 5.32 Å². The van der Waals surface area contributed by atoms with Crippen LogP contribution in [0, 0.1) is 0 Å². The maximum atomic E-state index is 11.1. The highest BCUT2D eigenvalue weighted by Crippen LogP contribution is 2.17. The summed E-state index contributed by atoms with van der Waals surface area (Å²) in [5, 5.41) is 13.5. The zero-order valence-electron chi connectivity index (χ0n) is 15.5. The minimum atomic E-state index is -3.54. The molecule has 0 unspecified atom stereocenters. The van der Waals surface area contributed by atoms with Gasteiger partial charge in [-0.25, -0.2) is 13.6 Å². The number of nitrogens with zero attached hydrogens (tertiary/aromatic N) is 1. The largest absolute Gasteiger partial charge is 0.491 e. The average Bonchev–Trinajstić information content (AvgIpc) is 3.08. The van der Waals surface area contributed by atoms with Crippen molar-refractivity contribution in [2.75, 3.05) is 24.2 Å². The van der Waals surface area contributed by atoms with Crippen molar-refractivity contribution < 1.29 is 13.2 Å². The maximum absolute atomic E-state index is 11.1. The van der Waals surface area contributed by atoms with E-state index in [0.717, 1.165) is 17.9 Å². The predicted molar refractivity (Wildman–Crippen MR) is 112 cm³/mol. The number of ether oxygens (including phenoxy) is 1. The van der Waals surface area contributed by atoms with Gasteiger partial charge in [-0.3, -0.25) is 4.99 Å². The number of hydrogen-bond acceptors (Lipinski definition) is 5. The van der Waals surface area contributed by atoms with Crippen LogP contribution in [0.15, 0.2) is 46.8 Å². The number of anilines is 1. The molecule has 0 atom stereocenters. The summed E-state index contributed by atoms with van der Waals surface area (Å²) in [7, 11) is -3.54. The highest BCUT2D eigenvalue weighted by molar-refractivity contribution is 7.89. The fourth-order valence-corrected chi connectivity index (χ4v) is 3.26. The molecule has 2 aromatic rings. The van der Waals surface area contributed by atoms with Gasteiger partial charge in [0.2, 0.25) is 10.0 Å². The second-order valence-electron chi connectivity index (χ2n) is 6.17. The Kier molecular flexibility index (Phi) is 8.08. The SMILES string of the molecule is CC(C)Oc1ccc(NC(=NCCS(N)(=O)=O)NCCc2cccs2)cc1. The van der Waals surface area contributed by atoms with Crippen molar-refractivity contribution in [2.24, 2.45) is 10.1 Å². The van der Waals surface area contributed by atoms with Crippen molar-refractivity contribution in [2.45, 2.75) is 26.4 Å². The van der Waals surface area contributed by atoms with Gasteiger partial charge in [0, 0.05) is 17.1 Å². The van der Waals surface area contributed by atoms with Gasteiger partial charge in [0.05, 0.1) is 18.4 Å². The van der Waals surface area contributed by atoms with Crippen LogP contribution in [0.1, 0.15) is 18.7 Å². The summed E-state index contributed by atoms with van der Waals surface area (Å²) in [5.41, 5.74) is 0.823. The van der Waals surface area contributed by atoms with Crippen molar-refractivity contribution in [1.29, 1.82) is 0 Å². The number of primary sulfonamides is 1. The zero-order chi connectivity index (χ0) is 19.7. The van der Waals surface area contributed by atoms with Crippen LogP contribution >= 0.6 is 11.3 Å². The Morgan fingerprint density at radius 2 is 2.00 bits per heavy atom. The van der Waals surface area contributed by atoms with Crippen LogP contribution in [0.5, 0.6) is 5.75 Å². The number of hydrogen-bond donors (Lipinski definition) is 3. The molecule has 27 heavy (non-hydrogen) atoms. The van der Waals surface area contributed by atoms with E-state index in [2.05, 4.69) is 21.7 Å². The molecule has 0 spiro atoms. The second kappa shape index (κ2) is 10.3. The molecular weight excluding hydrogens is 384 g/mol. The maximum Gasteiger partial charge on any atom is 0.210 e. The van der Waals surface area contributed by atoms with Gasteiger partial charge in [-0.2, -0.15) is 0 Å². The molecule has 1 heterocycles. The second-order valence-corrected chi connectivity index (χ2v) is 8.94. The number of benzene rings is 1. The standard InChI is InChI=1S/C18H26N4O3S2/c1-14(2)25-16-7-5-15(6-8-16)22-18(21-11-13-27(19,23)24)20-10-9-17-4-3-12-26-17/h3-8,12,14H,9-11,13H2,1-2H3,(H2,19,23,24)(H2,20,21,22). The predicted octanol–water partition coefficient (Wildman–Crippen LogP) is 2.42. The molecule has 0 saturated carbocycles. The Bertz CT molecular complexity index is 817. The van der Waals surface area contributed by atoms with Crippen LogP contribution in [0.2, 0.25) is 0 Å². The minimum Gasteiger partial charge on any atom is -0.491 e. The Labute approximate surface area is 164 Å². The monoisotopic (exact) mass is 410 g/mol. The number of guanidine groups is 1. The lowest BCUT2D eigenvalue weighted by molar-refractivity contribution is 0.242. The molecule has 0 aliphatic heterocycles. The van der Waals surface area contributed by atoms with E-state index >= 15 is 0 Å². The van der Waals surface area contributed by atoms with E-state index in [-0.39, 0.29) is 18.4 Å². The molecular formula is C18H26N4O3S2. The summed E-state index contributed by atoms with van der Waals surface area (Å²) >= 11 is 1.70. The number of thiophene rings is 1. The lowest BCUT2D eigenvalue weighted by atomic mass is 10.3. The molecule has 0 fully saturated rings. The van der Waals surface area contributed by atoms with E-state index in [1.54, 1.807) is 11.3 Å². The lowest BCUT2D eigenvalue weighted by Crippen LogP contribution is -2.33. The van der Waals surface area contributed by atoms with Gasteiger partial charge < -0.3 is 15.4 Å². The summed E-state index contributed by atoms with van der Waals surface area (Å²) in [4.78, 5) is 5.57. The summed E-state index contributed by atoms with van der Waals surface area (Å²) < 4.78 is 27.9. The fourth-order valence-electron chi connectivity index (χ4n) is 2.21. The van der Waals surface area contributed by atoms with Gasteiger partial charge in [-0.15, -0.1) is 11.3 Å². The third kappa shape index (κ3) is 8.89. The Morgan fingerprint density at radius 3 is 2.59 bits per heavy atom. The van der Waals surface area contributed by atoms with Crippen LogP contribution < -0.4 is 20.5 Å². The van der Waals surface area contributed by atoms with Crippen LogP contribution in [0.4, 0.5) is 5.69 Å². The van der Waals surface area contributed by atoms with Gasteiger partial charge in [-0.1, -0.05) is 6.07 Å². The molecule has 0 radical (unpaired) electrons. The van der Waals surface area contributed by atoms with Crippen LogP contribution in [0.3, 0.4) is 0 Å². The summed E-state index contributed by atoms with van der Waals surface area (Å²) in [5.74, 6) is 1.09. The highest BCUT2D eigenvalue weighted by Gasteiger charge is 2.05. The van der Waals surface area contributed by atoms with Crippen molar-refractivity contribution in [3.8, 4) is 5.75 Å². The third-order valence-electron chi connectivity index (χ3n) is 3.38. The van der Waals surface area contributed by atoms with Crippen LogP contribution in [-0.4, -0.2) is 39.3 Å². The Hall–Kier alpha value is -2.10. The molecule has 0 aliphatic rings. The van der Waals surface area contributed by atoms with Gasteiger partial charge >= 0.3 is 0 Å². The molecule has 1 aromatic carbocycles. The molecule has 2 rings (SSSR count). The molecule has 4 N–H and O–H groups in total. The van der Waals surface area contributed by atoms with E-state index in [9.17, 15) is 8.42 Å². The van der Waals surface area contributed by atoms with E-state index < -0.39 is 10.0 Å². The van der Waals surface area contributed by atoms with Crippen molar-refractivity contribution >= 4 is 33.0 Å². The molecule has 9 heteroatoms. The van der Waals surface area contributed by atoms with Crippen LogP contribution in [0.25, 0.3) is 0 Å². The molecule has 148 valence electrons. The third-order valence-corrected chi connectivity index (χ3v) is 5.07. The van der Waals surface area contributed by atoms with E-state index in [4.69, 9.17) is 9.88 Å². The van der Waals surface area contributed by atoms with Gasteiger partial charge in [-0.05, 0) is 56.0 Å². The number of nitrogens with two attached hydrogens (primary N) is 1. The van der Waals surface area contributed by atoms with Gasteiger partial charge in [0.15, 0.2) is 5.96 Å². The average molecular weight is 411 g/mol. The van der Waals surface area contributed by atoms with Crippen molar-refractivity contribution in [3.05, 3.63) is 46.7 Å².